The van der Waals surface area contributed by atoms with Crippen LogP contribution in [0, 0.1) is 19.8 Å². The number of anilines is 2. The van der Waals surface area contributed by atoms with Gasteiger partial charge in [0, 0.05) is 48.5 Å². The van der Waals surface area contributed by atoms with E-state index in [1.54, 1.807) is 0 Å². The molecule has 0 bridgehead atoms. The fourth-order valence-electron chi connectivity index (χ4n) is 3.66. The summed E-state index contributed by atoms with van der Waals surface area (Å²) in [5.74, 6) is 2.20. The van der Waals surface area contributed by atoms with Crippen LogP contribution in [0.25, 0.3) is 0 Å². The zero-order chi connectivity index (χ0) is 21.0. The third-order valence-electron chi connectivity index (χ3n) is 5.45. The monoisotopic (exact) mass is 459 g/mol. The number of rotatable bonds is 6. The Hall–Kier alpha value is -2.15. The van der Waals surface area contributed by atoms with Gasteiger partial charge in [0.2, 0.25) is 5.95 Å². The molecule has 1 heterocycles. The first-order valence-electron chi connectivity index (χ1n) is 10.2. The third-order valence-corrected chi connectivity index (χ3v) is 6.34. The van der Waals surface area contributed by atoms with Crippen LogP contribution in [0.15, 0.2) is 28.7 Å². The van der Waals surface area contributed by atoms with E-state index < -0.39 is 0 Å². The van der Waals surface area contributed by atoms with Crippen molar-refractivity contribution in [3.05, 3.63) is 45.6 Å². The Bertz CT molecular complexity index is 862. The van der Waals surface area contributed by atoms with Crippen molar-refractivity contribution < 1.29 is 4.79 Å². The molecule has 0 saturated heterocycles. The maximum atomic E-state index is 12.5. The number of aryl methyl sites for hydroxylation is 2. The van der Waals surface area contributed by atoms with Gasteiger partial charge in [-0.2, -0.15) is 4.98 Å². The van der Waals surface area contributed by atoms with Gasteiger partial charge in [-0.1, -0.05) is 15.9 Å². The van der Waals surface area contributed by atoms with Crippen molar-refractivity contribution >= 4 is 33.6 Å². The molecular weight excluding hydrogens is 430 g/mol. The Labute approximate surface area is 181 Å². The van der Waals surface area contributed by atoms with E-state index in [0.29, 0.717) is 11.9 Å². The zero-order valence-corrected chi connectivity index (χ0v) is 19.2. The summed E-state index contributed by atoms with van der Waals surface area (Å²) in [7, 11) is 3.97. The van der Waals surface area contributed by atoms with Gasteiger partial charge in [-0.3, -0.25) is 4.79 Å². The summed E-state index contributed by atoms with van der Waals surface area (Å²) in [6, 6.07) is 7.96. The number of halogens is 1. The lowest BCUT2D eigenvalue weighted by atomic mass is 9.86. The van der Waals surface area contributed by atoms with Crippen molar-refractivity contribution in [2.45, 2.75) is 45.6 Å². The molecule has 3 rings (SSSR count). The summed E-state index contributed by atoms with van der Waals surface area (Å²) in [4.78, 5) is 23.6. The van der Waals surface area contributed by atoms with Gasteiger partial charge < -0.3 is 15.5 Å². The molecule has 2 N–H and O–H groups in total. The number of hydrogen-bond donors (Lipinski definition) is 2. The van der Waals surface area contributed by atoms with Crippen LogP contribution in [0.1, 0.15) is 47.3 Å². The van der Waals surface area contributed by atoms with Crippen LogP contribution in [0.3, 0.4) is 0 Å². The lowest BCUT2D eigenvalue weighted by Crippen LogP contribution is -2.38. The highest BCUT2D eigenvalue weighted by Gasteiger charge is 2.23. The highest BCUT2D eigenvalue weighted by molar-refractivity contribution is 9.10. The molecule has 0 aliphatic heterocycles. The van der Waals surface area contributed by atoms with Crippen LogP contribution in [-0.2, 0) is 0 Å². The minimum Gasteiger partial charge on any atom is -0.363 e. The Balaban J connectivity index is 1.47. The Morgan fingerprint density at radius 1 is 1.14 bits per heavy atom. The van der Waals surface area contributed by atoms with Gasteiger partial charge >= 0.3 is 0 Å². The Kier molecular flexibility index (Phi) is 7.11. The van der Waals surface area contributed by atoms with Crippen LogP contribution in [0.2, 0.25) is 0 Å². The third kappa shape index (κ3) is 5.92. The molecule has 1 amide bonds. The number of aromatic nitrogens is 2. The minimum atomic E-state index is 0.0200. The topological polar surface area (TPSA) is 70.2 Å². The predicted molar refractivity (Wildman–Crippen MR) is 122 cm³/mol. The highest BCUT2D eigenvalue weighted by Crippen LogP contribution is 2.25. The molecule has 1 aliphatic carbocycles. The smallest absolute Gasteiger partial charge is 0.251 e. The van der Waals surface area contributed by atoms with Gasteiger partial charge in [0.25, 0.3) is 5.91 Å². The highest BCUT2D eigenvalue weighted by atomic mass is 79.9. The summed E-state index contributed by atoms with van der Waals surface area (Å²) in [5.41, 5.74) is 2.76. The van der Waals surface area contributed by atoms with Crippen LogP contribution in [0.4, 0.5) is 11.8 Å². The summed E-state index contributed by atoms with van der Waals surface area (Å²) in [5, 5.41) is 6.60. The molecule has 1 fully saturated rings. The molecule has 156 valence electrons. The molecule has 2 aromatic rings. The van der Waals surface area contributed by atoms with E-state index in [2.05, 4.69) is 36.5 Å². The molecule has 7 heteroatoms. The predicted octanol–water partition coefficient (Wildman–Crippen LogP) is 4.32. The van der Waals surface area contributed by atoms with E-state index in [1.807, 2.05) is 57.1 Å². The second-order valence-corrected chi connectivity index (χ2v) is 8.98. The number of carbonyl (C=O) groups is 1. The molecule has 0 unspecified atom stereocenters. The first-order valence-corrected chi connectivity index (χ1v) is 10.9. The number of nitrogens with zero attached hydrogens (tertiary/aromatic N) is 3. The Morgan fingerprint density at radius 2 is 1.86 bits per heavy atom. The molecule has 29 heavy (non-hydrogen) atoms. The van der Waals surface area contributed by atoms with E-state index >= 15 is 0 Å². The Morgan fingerprint density at radius 3 is 2.52 bits per heavy atom. The lowest BCUT2D eigenvalue weighted by Gasteiger charge is -2.29. The van der Waals surface area contributed by atoms with E-state index in [-0.39, 0.29) is 11.9 Å². The van der Waals surface area contributed by atoms with Crippen LogP contribution < -0.4 is 15.5 Å². The largest absolute Gasteiger partial charge is 0.363 e. The van der Waals surface area contributed by atoms with Crippen LogP contribution >= 0.6 is 15.9 Å². The summed E-state index contributed by atoms with van der Waals surface area (Å²) >= 11 is 3.48. The molecule has 6 nitrogen and oxygen atoms in total. The van der Waals surface area contributed by atoms with Crippen molar-refractivity contribution in [3.8, 4) is 0 Å². The quantitative estimate of drug-likeness (QED) is 0.672. The van der Waals surface area contributed by atoms with E-state index in [1.165, 1.54) is 0 Å². The molecule has 1 saturated carbocycles. The number of amides is 1. The van der Waals surface area contributed by atoms with Crippen molar-refractivity contribution in [2.75, 3.05) is 30.9 Å². The van der Waals surface area contributed by atoms with Gasteiger partial charge in [-0.25, -0.2) is 4.98 Å². The normalized spacial score (nSPS) is 18.9. The van der Waals surface area contributed by atoms with Crippen molar-refractivity contribution in [3.63, 3.8) is 0 Å². The second-order valence-electron chi connectivity index (χ2n) is 8.12. The fraction of sp³-hybridized carbons (Fsp3) is 0.500. The van der Waals surface area contributed by atoms with Crippen LogP contribution in [0.5, 0.6) is 0 Å². The molecule has 0 radical (unpaired) electrons. The zero-order valence-electron chi connectivity index (χ0n) is 17.6. The number of benzene rings is 1. The summed E-state index contributed by atoms with van der Waals surface area (Å²) in [6.45, 7) is 4.85. The van der Waals surface area contributed by atoms with E-state index in [4.69, 9.17) is 0 Å². The van der Waals surface area contributed by atoms with Gasteiger partial charge in [0.05, 0.1) is 0 Å². The average molecular weight is 460 g/mol. The summed E-state index contributed by atoms with van der Waals surface area (Å²) < 4.78 is 1.03. The van der Waals surface area contributed by atoms with Gasteiger partial charge in [0.15, 0.2) is 0 Å². The minimum absolute atomic E-state index is 0.0200. The standard InChI is InChI=1S/C22H30BrN5O/c1-14-11-17(7-10-19(14)23)21(29)26-18-8-5-16(6-9-18)13-24-22-25-15(2)12-20(27-22)28(3)4/h7,10-12,16,18H,5-6,8-9,13H2,1-4H3,(H,26,29)(H,24,25,27). The lowest BCUT2D eigenvalue weighted by molar-refractivity contribution is 0.0922. The molecular formula is C22H30BrN5O. The second kappa shape index (κ2) is 9.57. The van der Waals surface area contributed by atoms with E-state index in [0.717, 1.165) is 59.3 Å². The van der Waals surface area contributed by atoms with Crippen molar-refractivity contribution in [1.29, 1.82) is 0 Å². The number of carbonyl (C=O) groups excluding carboxylic acids is 1. The van der Waals surface area contributed by atoms with Crippen molar-refractivity contribution in [2.24, 2.45) is 5.92 Å². The maximum Gasteiger partial charge on any atom is 0.251 e. The SMILES string of the molecule is Cc1cc(N(C)C)nc(NCC2CCC(NC(=O)c3ccc(Br)c(C)c3)CC2)n1. The fourth-order valence-corrected chi connectivity index (χ4v) is 3.91. The van der Waals surface area contributed by atoms with Gasteiger partial charge in [-0.05, 0) is 69.2 Å². The van der Waals surface area contributed by atoms with E-state index in [9.17, 15) is 4.79 Å². The van der Waals surface area contributed by atoms with Crippen molar-refractivity contribution in [1.82, 2.24) is 15.3 Å². The molecule has 1 aromatic carbocycles. The number of nitrogens with one attached hydrogen (secondary N) is 2. The number of hydrogen-bond acceptors (Lipinski definition) is 5. The van der Waals surface area contributed by atoms with Crippen LogP contribution in [-0.4, -0.2) is 42.6 Å². The first kappa shape index (κ1) is 21.6. The molecule has 1 aliphatic rings. The molecule has 0 atom stereocenters. The summed E-state index contributed by atoms with van der Waals surface area (Å²) in [6.07, 6.45) is 4.18. The van der Waals surface area contributed by atoms with Gasteiger partial charge in [-0.15, -0.1) is 0 Å². The maximum absolute atomic E-state index is 12.5. The first-order chi connectivity index (χ1) is 13.8. The molecule has 0 spiro atoms. The average Bonchev–Trinajstić information content (AvgIpc) is 2.69. The molecule has 1 aromatic heterocycles. The van der Waals surface area contributed by atoms with Gasteiger partial charge in [0.1, 0.15) is 5.82 Å².